The second-order valence-electron chi connectivity index (χ2n) is 6.06. The Balaban J connectivity index is 1.42. The van der Waals surface area contributed by atoms with E-state index in [9.17, 15) is 0 Å². The molecule has 4 rings (SSSR count). The number of rotatable bonds is 7. The normalized spacial score (nSPS) is 11.1. The van der Waals surface area contributed by atoms with Gasteiger partial charge in [-0.3, -0.25) is 4.98 Å². The van der Waals surface area contributed by atoms with Crippen molar-refractivity contribution in [3.05, 3.63) is 65.4 Å². The van der Waals surface area contributed by atoms with Crippen molar-refractivity contribution < 1.29 is 4.52 Å². The van der Waals surface area contributed by atoms with Crippen LogP contribution < -0.4 is 0 Å². The van der Waals surface area contributed by atoms with E-state index >= 15 is 0 Å². The van der Waals surface area contributed by atoms with Crippen molar-refractivity contribution in [2.45, 2.75) is 25.0 Å². The van der Waals surface area contributed by atoms with Gasteiger partial charge in [-0.2, -0.15) is 0 Å². The quantitative estimate of drug-likeness (QED) is 0.398. The Kier molecular flexibility index (Phi) is 5.73. The standard InChI is InChI=1S/C20H18ClN5OS/c1-2-26-19(17-8-3-4-10-22-17)23-24-20(26)28-11-9-16-13-18(27-25-16)14-6-5-7-15(21)12-14/h3-8,10,12-13H,2,9,11H2,1H3. The zero-order valence-electron chi connectivity index (χ0n) is 15.2. The minimum atomic E-state index is 0.675. The summed E-state index contributed by atoms with van der Waals surface area (Å²) in [6, 6.07) is 15.3. The number of pyridine rings is 1. The van der Waals surface area contributed by atoms with Gasteiger partial charge in [-0.15, -0.1) is 10.2 Å². The van der Waals surface area contributed by atoms with E-state index in [1.807, 2.05) is 48.5 Å². The van der Waals surface area contributed by atoms with Crippen LogP contribution in [0.1, 0.15) is 12.6 Å². The molecule has 6 nitrogen and oxygen atoms in total. The molecule has 0 fully saturated rings. The molecule has 0 amide bonds. The lowest BCUT2D eigenvalue weighted by Crippen LogP contribution is -2.01. The lowest BCUT2D eigenvalue weighted by molar-refractivity contribution is 0.424. The SMILES string of the molecule is CCn1c(SCCc2cc(-c3cccc(Cl)c3)on2)nnc1-c1ccccn1. The molecule has 0 saturated heterocycles. The highest BCUT2D eigenvalue weighted by atomic mass is 35.5. The van der Waals surface area contributed by atoms with Crippen LogP contribution in [0.25, 0.3) is 22.8 Å². The predicted octanol–water partition coefficient (Wildman–Crippen LogP) is 5.00. The predicted molar refractivity (Wildman–Crippen MR) is 110 cm³/mol. The first kappa shape index (κ1) is 18.7. The Morgan fingerprint density at radius 3 is 2.82 bits per heavy atom. The number of benzene rings is 1. The number of nitrogens with zero attached hydrogens (tertiary/aromatic N) is 5. The molecule has 0 unspecified atom stereocenters. The monoisotopic (exact) mass is 411 g/mol. The molecule has 4 aromatic rings. The van der Waals surface area contributed by atoms with Gasteiger partial charge in [0.25, 0.3) is 0 Å². The molecule has 28 heavy (non-hydrogen) atoms. The van der Waals surface area contributed by atoms with E-state index in [4.69, 9.17) is 16.1 Å². The van der Waals surface area contributed by atoms with Crippen molar-refractivity contribution in [1.29, 1.82) is 0 Å². The molecule has 3 aromatic heterocycles. The zero-order chi connectivity index (χ0) is 19.3. The van der Waals surface area contributed by atoms with E-state index in [1.165, 1.54) is 0 Å². The summed E-state index contributed by atoms with van der Waals surface area (Å²) in [5.41, 5.74) is 2.64. The molecule has 3 heterocycles. The van der Waals surface area contributed by atoms with E-state index in [0.29, 0.717) is 5.02 Å². The summed E-state index contributed by atoms with van der Waals surface area (Å²) in [7, 11) is 0. The number of thioether (sulfide) groups is 1. The Labute approximate surface area is 172 Å². The van der Waals surface area contributed by atoms with Crippen LogP contribution in [0.5, 0.6) is 0 Å². The highest BCUT2D eigenvalue weighted by Crippen LogP contribution is 2.26. The van der Waals surface area contributed by atoms with Gasteiger partial charge < -0.3 is 9.09 Å². The molecule has 0 radical (unpaired) electrons. The number of hydrogen-bond acceptors (Lipinski definition) is 6. The summed E-state index contributed by atoms with van der Waals surface area (Å²) in [6.07, 6.45) is 2.53. The van der Waals surface area contributed by atoms with Gasteiger partial charge in [0.2, 0.25) is 0 Å². The maximum atomic E-state index is 6.04. The van der Waals surface area contributed by atoms with Crippen molar-refractivity contribution in [2.75, 3.05) is 5.75 Å². The number of hydrogen-bond donors (Lipinski definition) is 0. The average molecular weight is 412 g/mol. The summed E-state index contributed by atoms with van der Waals surface area (Å²) in [5.74, 6) is 2.33. The summed E-state index contributed by atoms with van der Waals surface area (Å²) >= 11 is 7.69. The fourth-order valence-corrected chi connectivity index (χ4v) is 3.97. The molecule has 0 aliphatic heterocycles. The number of halogens is 1. The highest BCUT2D eigenvalue weighted by Gasteiger charge is 2.14. The molecule has 0 atom stereocenters. The molecule has 0 saturated carbocycles. The van der Waals surface area contributed by atoms with Gasteiger partial charge >= 0.3 is 0 Å². The maximum absolute atomic E-state index is 6.04. The van der Waals surface area contributed by atoms with Crippen LogP contribution in [0.2, 0.25) is 5.02 Å². The molecule has 8 heteroatoms. The van der Waals surface area contributed by atoms with Crippen molar-refractivity contribution >= 4 is 23.4 Å². The summed E-state index contributed by atoms with van der Waals surface area (Å²) in [5, 5.41) is 14.4. The van der Waals surface area contributed by atoms with Crippen LogP contribution in [-0.2, 0) is 13.0 Å². The lowest BCUT2D eigenvalue weighted by atomic mass is 10.1. The molecule has 0 spiro atoms. The van der Waals surface area contributed by atoms with E-state index in [2.05, 4.69) is 31.8 Å². The summed E-state index contributed by atoms with van der Waals surface area (Å²) in [4.78, 5) is 4.37. The summed E-state index contributed by atoms with van der Waals surface area (Å²) in [6.45, 7) is 2.86. The second-order valence-corrected chi connectivity index (χ2v) is 7.56. The maximum Gasteiger partial charge on any atom is 0.191 e. The average Bonchev–Trinajstić information content (AvgIpc) is 3.36. The molecule has 142 valence electrons. The minimum absolute atomic E-state index is 0.675. The number of aromatic nitrogens is 5. The van der Waals surface area contributed by atoms with Crippen molar-refractivity contribution in [2.24, 2.45) is 0 Å². The Bertz CT molecular complexity index is 1060. The van der Waals surface area contributed by atoms with Crippen LogP contribution in [0, 0.1) is 0 Å². The Morgan fingerprint density at radius 2 is 2.04 bits per heavy atom. The van der Waals surface area contributed by atoms with Crippen LogP contribution in [0.15, 0.2) is 64.4 Å². The lowest BCUT2D eigenvalue weighted by Gasteiger charge is -2.06. The van der Waals surface area contributed by atoms with Crippen molar-refractivity contribution in [3.63, 3.8) is 0 Å². The van der Waals surface area contributed by atoms with Crippen molar-refractivity contribution in [3.8, 4) is 22.8 Å². The molecular weight excluding hydrogens is 394 g/mol. The van der Waals surface area contributed by atoms with E-state index in [0.717, 1.165) is 52.4 Å². The highest BCUT2D eigenvalue weighted by molar-refractivity contribution is 7.99. The fourth-order valence-electron chi connectivity index (χ4n) is 2.82. The van der Waals surface area contributed by atoms with Gasteiger partial charge in [0.05, 0.1) is 5.69 Å². The second kappa shape index (κ2) is 8.58. The van der Waals surface area contributed by atoms with Gasteiger partial charge in [0.1, 0.15) is 5.69 Å². The zero-order valence-corrected chi connectivity index (χ0v) is 16.8. The third-order valence-corrected chi connectivity index (χ3v) is 5.39. The van der Waals surface area contributed by atoms with Gasteiger partial charge in [-0.05, 0) is 31.2 Å². The third kappa shape index (κ3) is 4.10. The van der Waals surface area contributed by atoms with Crippen LogP contribution >= 0.6 is 23.4 Å². The van der Waals surface area contributed by atoms with E-state index in [-0.39, 0.29) is 0 Å². The topological polar surface area (TPSA) is 69.6 Å². The van der Waals surface area contributed by atoms with Crippen LogP contribution in [-0.4, -0.2) is 30.7 Å². The molecule has 0 aliphatic carbocycles. The first-order valence-electron chi connectivity index (χ1n) is 8.93. The fraction of sp³-hybridized carbons (Fsp3) is 0.200. The van der Waals surface area contributed by atoms with E-state index in [1.54, 1.807) is 18.0 Å². The van der Waals surface area contributed by atoms with Gasteiger partial charge in [0.15, 0.2) is 16.7 Å². The Hall–Kier alpha value is -2.64. The van der Waals surface area contributed by atoms with Gasteiger partial charge in [0, 0.05) is 41.6 Å². The molecule has 0 N–H and O–H groups in total. The van der Waals surface area contributed by atoms with E-state index < -0.39 is 0 Å². The molecular formula is C20H18ClN5OS. The summed E-state index contributed by atoms with van der Waals surface area (Å²) < 4.78 is 7.53. The molecule has 1 aromatic carbocycles. The van der Waals surface area contributed by atoms with Gasteiger partial charge in [-0.1, -0.05) is 46.7 Å². The van der Waals surface area contributed by atoms with Crippen LogP contribution in [0.4, 0.5) is 0 Å². The van der Waals surface area contributed by atoms with Crippen LogP contribution in [0.3, 0.4) is 0 Å². The molecule has 0 aliphatic rings. The van der Waals surface area contributed by atoms with Crippen molar-refractivity contribution in [1.82, 2.24) is 24.9 Å². The first-order chi connectivity index (χ1) is 13.7. The largest absolute Gasteiger partial charge is 0.356 e. The Morgan fingerprint density at radius 1 is 1.11 bits per heavy atom. The third-order valence-electron chi connectivity index (χ3n) is 4.18. The molecule has 0 bridgehead atoms. The first-order valence-corrected chi connectivity index (χ1v) is 10.3. The smallest absolute Gasteiger partial charge is 0.191 e. The number of aryl methyl sites for hydroxylation is 1. The van der Waals surface area contributed by atoms with Gasteiger partial charge in [-0.25, -0.2) is 0 Å². The minimum Gasteiger partial charge on any atom is -0.356 e.